The quantitative estimate of drug-likeness (QED) is 0.554. The lowest BCUT2D eigenvalue weighted by atomic mass is 9.91. The number of hydrogen-bond acceptors (Lipinski definition) is 4. The monoisotopic (exact) mass is 389 g/mol. The first-order chi connectivity index (χ1) is 13.1. The number of nitrogens with one attached hydrogen (secondary N) is 1. The number of hydroxylamine groups is 1. The number of likely N-dealkylation sites (N-methyl/N-ethyl adjacent to an activating group) is 1. The van der Waals surface area contributed by atoms with E-state index in [1.165, 1.54) is 49.3 Å². The van der Waals surface area contributed by atoms with E-state index >= 15 is 0 Å². The van der Waals surface area contributed by atoms with Gasteiger partial charge < -0.3 is 9.80 Å². The molecule has 148 valence electrons. The fraction of sp³-hybridized carbons (Fsp3) is 0.545. The van der Waals surface area contributed by atoms with Crippen LogP contribution in [-0.4, -0.2) is 56.2 Å². The smallest absolute Gasteiger partial charge is 0.0758 e. The molecule has 4 nitrogen and oxygen atoms in total. The summed E-state index contributed by atoms with van der Waals surface area (Å²) in [7, 11) is 2.19. The molecule has 0 atom stereocenters. The highest BCUT2D eigenvalue weighted by Crippen LogP contribution is 2.29. The summed E-state index contributed by atoms with van der Waals surface area (Å²) in [5, 5.41) is 0.773. The molecule has 1 fully saturated rings. The molecule has 27 heavy (non-hydrogen) atoms. The molecule has 0 unspecified atom stereocenters. The highest BCUT2D eigenvalue weighted by Gasteiger charge is 2.16. The summed E-state index contributed by atoms with van der Waals surface area (Å²) in [5.41, 5.74) is 8.29. The molecule has 1 aliphatic heterocycles. The zero-order chi connectivity index (χ0) is 19.1. The van der Waals surface area contributed by atoms with Gasteiger partial charge in [-0.1, -0.05) is 23.7 Å². The molecule has 0 spiro atoms. The van der Waals surface area contributed by atoms with E-state index in [9.17, 15) is 0 Å². The van der Waals surface area contributed by atoms with Gasteiger partial charge in [0.1, 0.15) is 0 Å². The van der Waals surface area contributed by atoms with E-state index in [2.05, 4.69) is 47.5 Å². The number of hydrogen-bond donors (Lipinski definition) is 1. The van der Waals surface area contributed by atoms with Crippen molar-refractivity contribution in [3.63, 3.8) is 0 Å². The van der Waals surface area contributed by atoms with Gasteiger partial charge in [-0.15, -0.1) is 0 Å². The molecule has 0 amide bonds. The van der Waals surface area contributed by atoms with Gasteiger partial charge in [0.2, 0.25) is 0 Å². The predicted octanol–water partition coefficient (Wildman–Crippen LogP) is 4.34. The van der Waals surface area contributed by atoms with E-state index in [0.29, 0.717) is 0 Å². The predicted molar refractivity (Wildman–Crippen MR) is 114 cm³/mol. The molecule has 3 rings (SSSR count). The second kappa shape index (κ2) is 10.3. The van der Waals surface area contributed by atoms with Gasteiger partial charge >= 0.3 is 0 Å². The molecule has 1 aliphatic carbocycles. The van der Waals surface area contributed by atoms with Crippen LogP contribution in [0.25, 0.3) is 6.08 Å². The van der Waals surface area contributed by atoms with Crippen LogP contribution in [0.4, 0.5) is 0 Å². The molecule has 0 aromatic heterocycles. The Morgan fingerprint density at radius 3 is 2.59 bits per heavy atom. The Morgan fingerprint density at radius 1 is 1.11 bits per heavy atom. The van der Waals surface area contributed by atoms with Crippen LogP contribution in [0.2, 0.25) is 5.02 Å². The van der Waals surface area contributed by atoms with Crippen molar-refractivity contribution in [2.75, 3.05) is 46.4 Å². The number of halogens is 1. The van der Waals surface area contributed by atoms with Gasteiger partial charge in [0.05, 0.1) is 12.3 Å². The van der Waals surface area contributed by atoms with Crippen molar-refractivity contribution < 1.29 is 4.84 Å². The molecular weight excluding hydrogens is 358 g/mol. The highest BCUT2D eigenvalue weighted by atomic mass is 35.5. The minimum absolute atomic E-state index is 0.733. The Morgan fingerprint density at radius 2 is 1.85 bits per heavy atom. The number of benzene rings is 1. The number of nitrogens with zero attached hydrogens (tertiary/aromatic N) is 2. The molecule has 5 heteroatoms. The van der Waals surface area contributed by atoms with Crippen molar-refractivity contribution in [1.29, 1.82) is 0 Å². The molecule has 1 heterocycles. The van der Waals surface area contributed by atoms with Crippen molar-refractivity contribution >= 4 is 17.7 Å². The number of piperazine rings is 1. The molecular formula is C22H32ClN3O. The van der Waals surface area contributed by atoms with Crippen LogP contribution in [0, 0.1) is 0 Å². The molecule has 1 saturated heterocycles. The van der Waals surface area contributed by atoms with Crippen LogP contribution in [-0.2, 0) is 4.84 Å². The second-order valence-electron chi connectivity index (χ2n) is 7.68. The first-order valence-electron chi connectivity index (χ1n) is 10.1. The summed E-state index contributed by atoms with van der Waals surface area (Å²) in [6, 6.07) is 8.01. The molecule has 2 aliphatic rings. The SMILES string of the molecule is CC1=C(NOCCCN2CCN(C)CC2)C(=Cc2ccc(Cl)cc2)CCC1. The zero-order valence-corrected chi connectivity index (χ0v) is 17.4. The maximum Gasteiger partial charge on any atom is 0.0758 e. The fourth-order valence-electron chi connectivity index (χ4n) is 3.68. The average molecular weight is 390 g/mol. The van der Waals surface area contributed by atoms with Crippen molar-refractivity contribution in [3.05, 3.63) is 51.7 Å². The van der Waals surface area contributed by atoms with Gasteiger partial charge in [-0.05, 0) is 74.6 Å². The van der Waals surface area contributed by atoms with E-state index in [-0.39, 0.29) is 0 Å². The van der Waals surface area contributed by atoms with Gasteiger partial charge in [0, 0.05) is 37.7 Å². The average Bonchev–Trinajstić information content (AvgIpc) is 2.67. The molecule has 0 radical (unpaired) electrons. The Labute approximate surface area is 168 Å². The summed E-state index contributed by atoms with van der Waals surface area (Å²) in [6.45, 7) is 8.72. The van der Waals surface area contributed by atoms with E-state index in [0.717, 1.165) is 43.1 Å². The summed E-state index contributed by atoms with van der Waals surface area (Å²) in [5.74, 6) is 0. The van der Waals surface area contributed by atoms with Crippen molar-refractivity contribution in [3.8, 4) is 0 Å². The van der Waals surface area contributed by atoms with E-state index in [1.807, 2.05) is 12.1 Å². The van der Waals surface area contributed by atoms with Crippen molar-refractivity contribution in [2.45, 2.75) is 32.6 Å². The van der Waals surface area contributed by atoms with Gasteiger partial charge in [0.15, 0.2) is 0 Å². The third kappa shape index (κ3) is 6.35. The lowest BCUT2D eigenvalue weighted by molar-refractivity contribution is 0.0515. The topological polar surface area (TPSA) is 27.7 Å². The molecule has 0 saturated carbocycles. The standard InChI is InChI=1S/C22H32ClN3O/c1-18-5-3-6-20(17-19-7-9-21(23)10-8-19)22(18)24-27-16-4-11-26-14-12-25(2)13-15-26/h7-10,17,24H,3-6,11-16H2,1-2H3. The Bertz CT molecular complexity index is 661. The van der Waals surface area contributed by atoms with E-state index in [4.69, 9.17) is 16.4 Å². The van der Waals surface area contributed by atoms with Crippen molar-refractivity contribution in [1.82, 2.24) is 15.3 Å². The van der Waals surface area contributed by atoms with Crippen LogP contribution in [0.15, 0.2) is 41.1 Å². The third-order valence-corrected chi connectivity index (χ3v) is 5.70. The molecule has 1 aromatic rings. The lowest BCUT2D eigenvalue weighted by Crippen LogP contribution is -2.44. The van der Waals surface area contributed by atoms with Crippen LogP contribution in [0.1, 0.15) is 38.2 Å². The molecule has 0 bridgehead atoms. The van der Waals surface area contributed by atoms with Gasteiger partial charge in [0.25, 0.3) is 0 Å². The Kier molecular flexibility index (Phi) is 7.77. The van der Waals surface area contributed by atoms with Crippen LogP contribution in [0.5, 0.6) is 0 Å². The maximum atomic E-state index is 6.00. The largest absolute Gasteiger partial charge is 0.304 e. The molecule has 1 N–H and O–H groups in total. The Balaban J connectivity index is 1.48. The molecule has 1 aromatic carbocycles. The van der Waals surface area contributed by atoms with E-state index in [1.54, 1.807) is 0 Å². The maximum absolute atomic E-state index is 6.00. The number of allylic oxidation sites excluding steroid dienone is 2. The van der Waals surface area contributed by atoms with Gasteiger partial charge in [-0.3, -0.25) is 10.3 Å². The fourth-order valence-corrected chi connectivity index (χ4v) is 3.81. The first-order valence-corrected chi connectivity index (χ1v) is 10.4. The Hall–Kier alpha value is -1.33. The summed E-state index contributed by atoms with van der Waals surface area (Å²) in [4.78, 5) is 10.8. The minimum Gasteiger partial charge on any atom is -0.304 e. The minimum atomic E-state index is 0.733. The highest BCUT2D eigenvalue weighted by molar-refractivity contribution is 6.30. The number of rotatable bonds is 7. The summed E-state index contributed by atoms with van der Waals surface area (Å²) >= 11 is 6.00. The van der Waals surface area contributed by atoms with Gasteiger partial charge in [-0.25, -0.2) is 0 Å². The van der Waals surface area contributed by atoms with Gasteiger partial charge in [-0.2, -0.15) is 0 Å². The first kappa shape index (κ1) is 20.4. The van der Waals surface area contributed by atoms with Crippen molar-refractivity contribution in [2.24, 2.45) is 0 Å². The normalized spacial score (nSPS) is 21.1. The zero-order valence-electron chi connectivity index (χ0n) is 16.6. The van der Waals surface area contributed by atoms with Crippen LogP contribution >= 0.6 is 11.6 Å². The summed E-state index contributed by atoms with van der Waals surface area (Å²) in [6.07, 6.45) is 6.70. The van der Waals surface area contributed by atoms with Crippen LogP contribution < -0.4 is 5.48 Å². The second-order valence-corrected chi connectivity index (χ2v) is 8.12. The van der Waals surface area contributed by atoms with Crippen LogP contribution in [0.3, 0.4) is 0 Å². The summed E-state index contributed by atoms with van der Waals surface area (Å²) < 4.78 is 0. The van der Waals surface area contributed by atoms with E-state index < -0.39 is 0 Å². The lowest BCUT2D eigenvalue weighted by Gasteiger charge is -2.32. The third-order valence-electron chi connectivity index (χ3n) is 5.45.